The van der Waals surface area contributed by atoms with Gasteiger partial charge >= 0.3 is 0 Å². The van der Waals surface area contributed by atoms with Crippen molar-refractivity contribution < 1.29 is 9.59 Å². The fourth-order valence-electron chi connectivity index (χ4n) is 1.58. The lowest BCUT2D eigenvalue weighted by Gasteiger charge is -2.26. The number of amides is 2. The molecule has 0 aromatic rings. The van der Waals surface area contributed by atoms with Crippen molar-refractivity contribution in [2.75, 3.05) is 0 Å². The van der Waals surface area contributed by atoms with Crippen LogP contribution in [0.5, 0.6) is 0 Å². The fraction of sp³-hybridized carbons (Fsp3) is 0.778. The van der Waals surface area contributed by atoms with Crippen molar-refractivity contribution >= 4 is 11.8 Å². The van der Waals surface area contributed by atoms with Crippen molar-refractivity contribution in [1.29, 1.82) is 0 Å². The van der Waals surface area contributed by atoms with Gasteiger partial charge in [-0.2, -0.15) is 0 Å². The van der Waals surface area contributed by atoms with Gasteiger partial charge in [-0.05, 0) is 12.8 Å². The Kier molecular flexibility index (Phi) is 2.22. The number of carbonyl (C=O) groups excluding carboxylic acids is 2. The lowest BCUT2D eigenvalue weighted by molar-refractivity contribution is -0.129. The number of hydrogen-bond acceptors (Lipinski definition) is 2. The van der Waals surface area contributed by atoms with Crippen molar-refractivity contribution in [3.8, 4) is 0 Å². The summed E-state index contributed by atoms with van der Waals surface area (Å²) in [6.07, 6.45) is 1.28. The van der Waals surface area contributed by atoms with Crippen LogP contribution in [0, 0.1) is 11.3 Å². The van der Waals surface area contributed by atoms with Crippen molar-refractivity contribution in [1.82, 2.24) is 5.32 Å². The molecule has 1 aliphatic rings. The third kappa shape index (κ3) is 1.24. The smallest absolute Gasteiger partial charge is 0.233 e. The summed E-state index contributed by atoms with van der Waals surface area (Å²) < 4.78 is 0. The molecule has 2 atom stereocenters. The summed E-state index contributed by atoms with van der Waals surface area (Å²) in [6.45, 7) is 5.91. The maximum Gasteiger partial charge on any atom is 0.233 e. The number of rotatable bonds is 2. The molecular formula is C9H15NO2. The lowest BCUT2D eigenvalue weighted by atomic mass is 9.75. The largest absolute Gasteiger partial charge is 0.296 e. The van der Waals surface area contributed by atoms with E-state index in [1.807, 2.05) is 20.8 Å². The second kappa shape index (κ2) is 2.88. The van der Waals surface area contributed by atoms with Gasteiger partial charge in [-0.3, -0.25) is 14.9 Å². The van der Waals surface area contributed by atoms with Gasteiger partial charge in [0.2, 0.25) is 11.8 Å². The highest BCUT2D eigenvalue weighted by atomic mass is 16.2. The normalized spacial score (nSPS) is 31.9. The molecule has 0 spiro atoms. The summed E-state index contributed by atoms with van der Waals surface area (Å²) in [5.41, 5.74) is -0.466. The van der Waals surface area contributed by atoms with Crippen LogP contribution in [0.1, 0.15) is 33.6 Å². The minimum absolute atomic E-state index is 0.109. The molecule has 2 unspecified atom stereocenters. The quantitative estimate of drug-likeness (QED) is 0.629. The molecule has 0 aliphatic carbocycles. The molecule has 0 saturated carbocycles. The van der Waals surface area contributed by atoms with Crippen molar-refractivity contribution in [2.24, 2.45) is 11.3 Å². The monoisotopic (exact) mass is 169 g/mol. The molecule has 0 radical (unpaired) electrons. The standard InChI is InChI=1S/C9H15NO2/c1-4-6(2)9(3)5-7(11)10-8(9)12/h6H,4-5H2,1-3H3,(H,10,11,12). The fourth-order valence-corrected chi connectivity index (χ4v) is 1.58. The highest BCUT2D eigenvalue weighted by Crippen LogP contribution is 2.36. The van der Waals surface area contributed by atoms with Crippen LogP contribution in [0.3, 0.4) is 0 Å². The third-order valence-electron chi connectivity index (χ3n) is 3.00. The molecule has 3 nitrogen and oxygen atoms in total. The van der Waals surface area contributed by atoms with Gasteiger partial charge in [0, 0.05) is 6.42 Å². The molecule has 1 aliphatic heterocycles. The Hall–Kier alpha value is -0.860. The van der Waals surface area contributed by atoms with E-state index in [1.54, 1.807) is 0 Å². The van der Waals surface area contributed by atoms with Crippen molar-refractivity contribution in [3.05, 3.63) is 0 Å². The first-order chi connectivity index (χ1) is 5.50. The van der Waals surface area contributed by atoms with Crippen LogP contribution >= 0.6 is 0 Å². The summed E-state index contributed by atoms with van der Waals surface area (Å²) in [7, 11) is 0. The van der Waals surface area contributed by atoms with Gasteiger partial charge in [0.1, 0.15) is 0 Å². The van der Waals surface area contributed by atoms with Crippen molar-refractivity contribution in [2.45, 2.75) is 33.6 Å². The van der Waals surface area contributed by atoms with Crippen LogP contribution in [-0.2, 0) is 9.59 Å². The average molecular weight is 169 g/mol. The maximum absolute atomic E-state index is 11.4. The van der Waals surface area contributed by atoms with E-state index < -0.39 is 5.41 Å². The highest BCUT2D eigenvalue weighted by Gasteiger charge is 2.45. The van der Waals surface area contributed by atoms with E-state index in [-0.39, 0.29) is 17.7 Å². The average Bonchev–Trinajstić information content (AvgIpc) is 2.26. The van der Waals surface area contributed by atoms with Crippen LogP contribution in [0.25, 0.3) is 0 Å². The summed E-state index contributed by atoms with van der Waals surface area (Å²) in [6, 6.07) is 0. The molecule has 3 heteroatoms. The Bertz CT molecular complexity index is 225. The molecule has 1 fully saturated rings. The lowest BCUT2D eigenvalue weighted by Crippen LogP contribution is -2.34. The van der Waals surface area contributed by atoms with Gasteiger partial charge in [0.15, 0.2) is 0 Å². The first kappa shape index (κ1) is 9.23. The molecule has 0 aromatic heterocycles. The van der Waals surface area contributed by atoms with Gasteiger partial charge in [-0.25, -0.2) is 0 Å². The summed E-state index contributed by atoms with van der Waals surface area (Å²) in [4.78, 5) is 22.3. The Morgan fingerprint density at radius 2 is 2.17 bits per heavy atom. The minimum Gasteiger partial charge on any atom is -0.296 e. The number of imide groups is 1. The van der Waals surface area contributed by atoms with Gasteiger partial charge in [-0.1, -0.05) is 20.3 Å². The molecule has 1 heterocycles. The van der Waals surface area contributed by atoms with E-state index in [9.17, 15) is 9.59 Å². The first-order valence-corrected chi connectivity index (χ1v) is 4.35. The van der Waals surface area contributed by atoms with Gasteiger partial charge in [0.25, 0.3) is 0 Å². The Morgan fingerprint density at radius 1 is 1.58 bits per heavy atom. The zero-order valence-corrected chi connectivity index (χ0v) is 7.81. The summed E-state index contributed by atoms with van der Waals surface area (Å²) in [5.74, 6) is 0.0219. The van der Waals surface area contributed by atoms with Gasteiger partial charge in [0.05, 0.1) is 5.41 Å². The number of nitrogens with one attached hydrogen (secondary N) is 1. The number of carbonyl (C=O) groups is 2. The topological polar surface area (TPSA) is 46.2 Å². The number of hydrogen-bond donors (Lipinski definition) is 1. The van der Waals surface area contributed by atoms with Gasteiger partial charge in [-0.15, -0.1) is 0 Å². The SMILES string of the molecule is CCC(C)C1(C)CC(=O)NC1=O. The molecule has 2 amide bonds. The Balaban J connectivity index is 2.84. The third-order valence-corrected chi connectivity index (χ3v) is 3.00. The van der Waals surface area contributed by atoms with Crippen LogP contribution in [0.4, 0.5) is 0 Å². The summed E-state index contributed by atoms with van der Waals surface area (Å²) in [5, 5.41) is 2.34. The zero-order chi connectivity index (χ0) is 9.35. The Morgan fingerprint density at radius 3 is 2.50 bits per heavy atom. The molecule has 1 rings (SSSR count). The van der Waals surface area contributed by atoms with E-state index in [4.69, 9.17) is 0 Å². The van der Waals surface area contributed by atoms with Gasteiger partial charge < -0.3 is 0 Å². The molecule has 0 aromatic carbocycles. The summed E-state index contributed by atoms with van der Waals surface area (Å²) >= 11 is 0. The van der Waals surface area contributed by atoms with Crippen molar-refractivity contribution in [3.63, 3.8) is 0 Å². The van der Waals surface area contributed by atoms with Crippen LogP contribution < -0.4 is 5.32 Å². The minimum atomic E-state index is -0.466. The van der Waals surface area contributed by atoms with E-state index in [1.165, 1.54) is 0 Å². The molecule has 1 N–H and O–H groups in total. The molecule has 12 heavy (non-hydrogen) atoms. The second-order valence-corrected chi connectivity index (χ2v) is 3.78. The molecule has 0 bridgehead atoms. The molecule has 1 saturated heterocycles. The van der Waals surface area contributed by atoms with Crippen LogP contribution in [0.15, 0.2) is 0 Å². The van der Waals surface area contributed by atoms with E-state index in [0.29, 0.717) is 6.42 Å². The van der Waals surface area contributed by atoms with Crippen LogP contribution in [0.2, 0.25) is 0 Å². The predicted molar refractivity (Wildman–Crippen MR) is 45.3 cm³/mol. The highest BCUT2D eigenvalue weighted by molar-refractivity contribution is 6.05. The van der Waals surface area contributed by atoms with E-state index in [2.05, 4.69) is 5.32 Å². The van der Waals surface area contributed by atoms with Crippen LogP contribution in [-0.4, -0.2) is 11.8 Å². The maximum atomic E-state index is 11.4. The van der Waals surface area contributed by atoms with E-state index >= 15 is 0 Å². The predicted octanol–water partition coefficient (Wildman–Crippen LogP) is 1.09. The Labute approximate surface area is 72.5 Å². The first-order valence-electron chi connectivity index (χ1n) is 4.35. The zero-order valence-electron chi connectivity index (χ0n) is 7.81. The molecule has 68 valence electrons. The second-order valence-electron chi connectivity index (χ2n) is 3.78. The molecular weight excluding hydrogens is 154 g/mol. The van der Waals surface area contributed by atoms with E-state index in [0.717, 1.165) is 6.42 Å².